The molecule has 0 aromatic carbocycles. The quantitative estimate of drug-likeness (QED) is 0.523. The molecule has 0 aromatic rings. The van der Waals surface area contributed by atoms with Crippen molar-refractivity contribution in [3.8, 4) is 0 Å². The molecule has 0 radical (unpaired) electrons. The first kappa shape index (κ1) is 10.5. The molecule has 0 saturated carbocycles. The maximum Gasteiger partial charge on any atom is -0.0227 e. The summed E-state index contributed by atoms with van der Waals surface area (Å²) in [4.78, 5) is 0. The van der Waals surface area contributed by atoms with Gasteiger partial charge in [-0.2, -0.15) is 0 Å². The topological polar surface area (TPSA) is 0 Å². The second-order valence-electron chi connectivity index (χ2n) is 3.26. The Hall–Kier alpha value is -0.520. The molecule has 0 nitrogen and oxygen atoms in total. The molecule has 1 atom stereocenters. The van der Waals surface area contributed by atoms with E-state index in [1.807, 2.05) is 6.08 Å². The summed E-state index contributed by atoms with van der Waals surface area (Å²) in [6, 6.07) is 0. The van der Waals surface area contributed by atoms with E-state index < -0.39 is 0 Å². The van der Waals surface area contributed by atoms with Crippen LogP contribution in [-0.2, 0) is 0 Å². The lowest BCUT2D eigenvalue weighted by molar-refractivity contribution is 0.713. The Morgan fingerprint density at radius 1 is 1.55 bits per heavy atom. The van der Waals surface area contributed by atoms with Crippen molar-refractivity contribution in [2.45, 2.75) is 40.0 Å². The zero-order valence-electron chi connectivity index (χ0n) is 8.06. The summed E-state index contributed by atoms with van der Waals surface area (Å²) < 4.78 is 0. The second kappa shape index (κ2) is 6.21. The molecule has 0 fully saturated rings. The Kier molecular flexibility index (Phi) is 5.91. The molecule has 0 unspecified atom stereocenters. The van der Waals surface area contributed by atoms with E-state index in [0.717, 1.165) is 0 Å². The fraction of sp³-hybridized carbons (Fsp3) is 0.636. The lowest BCUT2D eigenvalue weighted by Crippen LogP contribution is -1.89. The van der Waals surface area contributed by atoms with Gasteiger partial charge in [-0.25, -0.2) is 0 Å². The van der Waals surface area contributed by atoms with Crippen LogP contribution in [0.3, 0.4) is 0 Å². The Balaban J connectivity index is 3.65. The zero-order chi connectivity index (χ0) is 8.69. The number of allylic oxidation sites excluding steroid dienone is 3. The molecule has 0 spiro atoms. The van der Waals surface area contributed by atoms with Crippen LogP contribution in [0.4, 0.5) is 0 Å². The fourth-order valence-electron chi connectivity index (χ4n) is 1.07. The van der Waals surface area contributed by atoms with Gasteiger partial charge in [0.2, 0.25) is 0 Å². The van der Waals surface area contributed by atoms with Gasteiger partial charge in [0.15, 0.2) is 0 Å². The minimum absolute atomic E-state index is 0.628. The van der Waals surface area contributed by atoms with Gasteiger partial charge in [-0.05, 0) is 25.7 Å². The lowest BCUT2D eigenvalue weighted by atomic mass is 10.0. The van der Waals surface area contributed by atoms with Crippen molar-refractivity contribution in [3.05, 3.63) is 24.3 Å². The number of rotatable bonds is 5. The van der Waals surface area contributed by atoms with Crippen LogP contribution in [0.2, 0.25) is 0 Å². The summed E-state index contributed by atoms with van der Waals surface area (Å²) in [5, 5.41) is 0. The van der Waals surface area contributed by atoms with E-state index in [9.17, 15) is 0 Å². The molecule has 64 valence electrons. The summed E-state index contributed by atoms with van der Waals surface area (Å²) >= 11 is 0. The smallest absolute Gasteiger partial charge is 0.0227 e. The minimum Gasteiger partial charge on any atom is -0.103 e. The van der Waals surface area contributed by atoms with Crippen molar-refractivity contribution in [1.82, 2.24) is 0 Å². The van der Waals surface area contributed by atoms with Gasteiger partial charge in [0.05, 0.1) is 0 Å². The maximum absolute atomic E-state index is 3.77. The van der Waals surface area contributed by atoms with E-state index in [1.165, 1.54) is 24.8 Å². The number of unbranched alkanes of at least 4 members (excludes halogenated alkanes) is 1. The van der Waals surface area contributed by atoms with Gasteiger partial charge in [-0.3, -0.25) is 0 Å². The SMILES string of the molecule is C=C[C@@H](C)C/C(C)=C\CCC. The highest BCUT2D eigenvalue weighted by Gasteiger charge is 1.95. The van der Waals surface area contributed by atoms with Crippen LogP contribution in [0.25, 0.3) is 0 Å². The first-order valence-corrected chi connectivity index (χ1v) is 4.48. The summed E-state index contributed by atoms with van der Waals surface area (Å²) in [5.74, 6) is 0.628. The second-order valence-corrected chi connectivity index (χ2v) is 3.26. The molecule has 0 aromatic heterocycles. The van der Waals surface area contributed by atoms with Crippen molar-refractivity contribution in [2.24, 2.45) is 5.92 Å². The monoisotopic (exact) mass is 152 g/mol. The molecule has 0 N–H and O–H groups in total. The third kappa shape index (κ3) is 5.90. The third-order valence-electron chi connectivity index (χ3n) is 1.83. The fourth-order valence-corrected chi connectivity index (χ4v) is 1.07. The van der Waals surface area contributed by atoms with Crippen molar-refractivity contribution < 1.29 is 0 Å². The van der Waals surface area contributed by atoms with Crippen LogP contribution in [-0.4, -0.2) is 0 Å². The van der Waals surface area contributed by atoms with Gasteiger partial charge in [0.25, 0.3) is 0 Å². The molecular weight excluding hydrogens is 132 g/mol. The first-order valence-electron chi connectivity index (χ1n) is 4.48. The van der Waals surface area contributed by atoms with E-state index in [-0.39, 0.29) is 0 Å². The third-order valence-corrected chi connectivity index (χ3v) is 1.83. The van der Waals surface area contributed by atoms with Crippen LogP contribution < -0.4 is 0 Å². The molecule has 0 aliphatic heterocycles. The predicted octanol–water partition coefficient (Wildman–Crippen LogP) is 3.95. The van der Waals surface area contributed by atoms with Crippen molar-refractivity contribution in [2.75, 3.05) is 0 Å². The van der Waals surface area contributed by atoms with Crippen molar-refractivity contribution in [1.29, 1.82) is 0 Å². The van der Waals surface area contributed by atoms with Gasteiger partial charge >= 0.3 is 0 Å². The van der Waals surface area contributed by atoms with Crippen LogP contribution in [0.1, 0.15) is 40.0 Å². The molecule has 0 aliphatic carbocycles. The Morgan fingerprint density at radius 2 is 2.18 bits per heavy atom. The van der Waals surface area contributed by atoms with Crippen LogP contribution >= 0.6 is 0 Å². The van der Waals surface area contributed by atoms with E-state index in [1.54, 1.807) is 0 Å². The van der Waals surface area contributed by atoms with E-state index in [0.29, 0.717) is 5.92 Å². The van der Waals surface area contributed by atoms with Crippen LogP contribution in [0, 0.1) is 5.92 Å². The highest BCUT2D eigenvalue weighted by Crippen LogP contribution is 2.12. The average molecular weight is 152 g/mol. The summed E-state index contributed by atoms with van der Waals surface area (Å²) in [7, 11) is 0. The van der Waals surface area contributed by atoms with Gasteiger partial charge < -0.3 is 0 Å². The van der Waals surface area contributed by atoms with Gasteiger partial charge in [-0.1, -0.05) is 38.0 Å². The highest BCUT2D eigenvalue weighted by atomic mass is 14.0. The number of hydrogen-bond acceptors (Lipinski definition) is 0. The maximum atomic E-state index is 3.77. The van der Waals surface area contributed by atoms with Gasteiger partial charge in [-0.15, -0.1) is 6.58 Å². The molecule has 11 heavy (non-hydrogen) atoms. The van der Waals surface area contributed by atoms with Crippen molar-refractivity contribution >= 4 is 0 Å². The van der Waals surface area contributed by atoms with Crippen molar-refractivity contribution in [3.63, 3.8) is 0 Å². The zero-order valence-corrected chi connectivity index (χ0v) is 8.06. The van der Waals surface area contributed by atoms with Gasteiger partial charge in [0.1, 0.15) is 0 Å². The molecule has 0 bridgehead atoms. The van der Waals surface area contributed by atoms with E-state index in [2.05, 4.69) is 33.4 Å². The lowest BCUT2D eigenvalue weighted by Gasteiger charge is -2.04. The van der Waals surface area contributed by atoms with Crippen LogP contribution in [0.5, 0.6) is 0 Å². The average Bonchev–Trinajstić information content (AvgIpc) is 2.00. The molecule has 0 amide bonds. The van der Waals surface area contributed by atoms with Gasteiger partial charge in [0, 0.05) is 0 Å². The summed E-state index contributed by atoms with van der Waals surface area (Å²) in [6.45, 7) is 10.4. The Morgan fingerprint density at radius 3 is 2.64 bits per heavy atom. The Labute approximate surface area is 71.0 Å². The molecule has 0 rings (SSSR count). The molecule has 0 heterocycles. The normalized spacial score (nSPS) is 14.6. The standard InChI is InChI=1S/C11H20/c1-5-7-8-11(4)9-10(3)6-2/h6,8,10H,2,5,7,9H2,1,3-4H3/b11-8-/t10-/m1/s1. The number of hydrogen-bond donors (Lipinski definition) is 0. The molecular formula is C11H20. The summed E-state index contributed by atoms with van der Waals surface area (Å²) in [6.07, 6.45) is 7.99. The largest absolute Gasteiger partial charge is 0.103 e. The van der Waals surface area contributed by atoms with E-state index in [4.69, 9.17) is 0 Å². The Bertz CT molecular complexity index is 131. The highest BCUT2D eigenvalue weighted by molar-refractivity contribution is 5.00. The minimum atomic E-state index is 0.628. The van der Waals surface area contributed by atoms with E-state index >= 15 is 0 Å². The molecule has 0 saturated heterocycles. The van der Waals surface area contributed by atoms with Crippen LogP contribution in [0.15, 0.2) is 24.3 Å². The molecule has 0 heteroatoms. The first-order chi connectivity index (χ1) is 5.20. The predicted molar refractivity (Wildman–Crippen MR) is 52.6 cm³/mol. The molecule has 0 aliphatic rings. The summed E-state index contributed by atoms with van der Waals surface area (Å²) in [5.41, 5.74) is 1.50.